The molecule has 0 aromatic carbocycles. The second kappa shape index (κ2) is 7.14. The average molecular weight is 154 g/mol. The van der Waals surface area contributed by atoms with Crippen LogP contribution in [0.4, 0.5) is 0 Å². The molecule has 0 radical (unpaired) electrons. The van der Waals surface area contributed by atoms with Crippen molar-refractivity contribution in [3.8, 4) is 11.8 Å². The zero-order valence-electron chi connectivity index (χ0n) is 7.14. The fraction of sp³-hybridized carbons (Fsp3) is 0.667. The van der Waals surface area contributed by atoms with Gasteiger partial charge in [0.25, 0.3) is 0 Å². The molecule has 2 nitrogen and oxygen atoms in total. The molecule has 0 saturated carbocycles. The molecule has 0 N–H and O–H groups in total. The predicted octanol–water partition coefficient (Wildman–Crippen LogP) is 1.74. The normalized spacial score (nSPS) is 8.18. The molecule has 62 valence electrons. The Morgan fingerprint density at radius 3 is 2.64 bits per heavy atom. The van der Waals surface area contributed by atoms with Crippen molar-refractivity contribution in [3.63, 3.8) is 0 Å². The Kier molecular flexibility index (Phi) is 6.51. The van der Waals surface area contributed by atoms with Gasteiger partial charge in [-0.25, -0.2) is 0 Å². The maximum atomic E-state index is 10.7. The number of ether oxygens (including phenoxy) is 1. The quantitative estimate of drug-likeness (QED) is 0.457. The van der Waals surface area contributed by atoms with Crippen LogP contribution in [0.1, 0.15) is 33.1 Å². The molecule has 11 heavy (non-hydrogen) atoms. The standard InChI is InChI=1S/C9H14O2/c1-3-5-6-7-8-9(10)11-4-2/h3-5,8H2,1-2H3. The summed E-state index contributed by atoms with van der Waals surface area (Å²) in [6.07, 6.45) is 2.13. The number of rotatable bonds is 3. The van der Waals surface area contributed by atoms with E-state index in [1.54, 1.807) is 6.92 Å². The van der Waals surface area contributed by atoms with E-state index >= 15 is 0 Å². The van der Waals surface area contributed by atoms with E-state index < -0.39 is 0 Å². The lowest BCUT2D eigenvalue weighted by Gasteiger charge is -1.94. The number of carbonyl (C=O) groups excluding carboxylic acids is 1. The molecule has 0 aliphatic rings. The van der Waals surface area contributed by atoms with Crippen LogP contribution in [0.25, 0.3) is 0 Å². The van der Waals surface area contributed by atoms with Crippen molar-refractivity contribution in [2.45, 2.75) is 33.1 Å². The molecule has 0 aliphatic heterocycles. The van der Waals surface area contributed by atoms with Crippen molar-refractivity contribution in [2.24, 2.45) is 0 Å². The Labute approximate surface area is 67.9 Å². The van der Waals surface area contributed by atoms with Crippen LogP contribution in [0.2, 0.25) is 0 Å². The number of esters is 1. The summed E-state index contributed by atoms with van der Waals surface area (Å²) in [6, 6.07) is 0. The van der Waals surface area contributed by atoms with Gasteiger partial charge >= 0.3 is 5.97 Å². The highest BCUT2D eigenvalue weighted by Crippen LogP contribution is 1.86. The SMILES string of the molecule is CCCC#CCC(=O)OCC. The van der Waals surface area contributed by atoms with Crippen LogP contribution in [-0.4, -0.2) is 12.6 Å². The third-order valence-electron chi connectivity index (χ3n) is 1.04. The summed E-state index contributed by atoms with van der Waals surface area (Å²) in [5.74, 6) is 5.39. The van der Waals surface area contributed by atoms with Gasteiger partial charge in [-0.3, -0.25) is 4.79 Å². The van der Waals surface area contributed by atoms with Crippen LogP contribution in [0.3, 0.4) is 0 Å². The van der Waals surface area contributed by atoms with Crippen LogP contribution >= 0.6 is 0 Å². The Morgan fingerprint density at radius 2 is 2.09 bits per heavy atom. The summed E-state index contributed by atoms with van der Waals surface area (Å²) < 4.78 is 4.68. The largest absolute Gasteiger partial charge is 0.465 e. The summed E-state index contributed by atoms with van der Waals surface area (Å²) in [6.45, 7) is 4.28. The summed E-state index contributed by atoms with van der Waals surface area (Å²) in [5, 5.41) is 0. The smallest absolute Gasteiger partial charge is 0.317 e. The van der Waals surface area contributed by atoms with Crippen LogP contribution in [0.15, 0.2) is 0 Å². The molecule has 0 aliphatic carbocycles. The first-order valence-electron chi connectivity index (χ1n) is 3.92. The van der Waals surface area contributed by atoms with E-state index in [9.17, 15) is 4.79 Å². The van der Waals surface area contributed by atoms with Gasteiger partial charge in [-0.2, -0.15) is 0 Å². The second-order valence-corrected chi connectivity index (χ2v) is 2.09. The first-order chi connectivity index (χ1) is 5.31. The van der Waals surface area contributed by atoms with Crippen molar-refractivity contribution in [1.82, 2.24) is 0 Å². The Bertz CT molecular complexity index is 162. The van der Waals surface area contributed by atoms with E-state index in [0.717, 1.165) is 12.8 Å². The van der Waals surface area contributed by atoms with Gasteiger partial charge in [0.1, 0.15) is 6.42 Å². The Morgan fingerprint density at radius 1 is 1.36 bits per heavy atom. The minimum absolute atomic E-state index is 0.226. The number of unbranched alkanes of at least 4 members (excludes halogenated alkanes) is 1. The summed E-state index contributed by atoms with van der Waals surface area (Å²) >= 11 is 0. The lowest BCUT2D eigenvalue weighted by Crippen LogP contribution is -2.01. The summed E-state index contributed by atoms with van der Waals surface area (Å²) in [5.41, 5.74) is 0. The molecule has 0 unspecified atom stereocenters. The highest BCUT2D eigenvalue weighted by Gasteiger charge is 1.94. The fourth-order valence-electron chi connectivity index (χ4n) is 0.560. The zero-order valence-corrected chi connectivity index (χ0v) is 7.14. The van der Waals surface area contributed by atoms with Crippen LogP contribution in [0.5, 0.6) is 0 Å². The van der Waals surface area contributed by atoms with Gasteiger partial charge in [-0.1, -0.05) is 12.8 Å². The molecule has 0 spiro atoms. The van der Waals surface area contributed by atoms with E-state index in [4.69, 9.17) is 0 Å². The molecule has 0 amide bonds. The monoisotopic (exact) mass is 154 g/mol. The zero-order chi connectivity index (χ0) is 8.53. The summed E-state index contributed by atoms with van der Waals surface area (Å²) in [4.78, 5) is 10.7. The maximum Gasteiger partial charge on any atom is 0.317 e. The second-order valence-electron chi connectivity index (χ2n) is 2.09. The number of hydrogen-bond donors (Lipinski definition) is 0. The Hall–Kier alpha value is -0.970. The van der Waals surface area contributed by atoms with Gasteiger partial charge in [-0.05, 0) is 13.3 Å². The molecule has 0 heterocycles. The van der Waals surface area contributed by atoms with Crippen molar-refractivity contribution in [2.75, 3.05) is 6.61 Å². The highest BCUT2D eigenvalue weighted by atomic mass is 16.5. The van der Waals surface area contributed by atoms with Crippen molar-refractivity contribution in [1.29, 1.82) is 0 Å². The van der Waals surface area contributed by atoms with E-state index in [-0.39, 0.29) is 12.4 Å². The van der Waals surface area contributed by atoms with Crippen LogP contribution in [-0.2, 0) is 9.53 Å². The van der Waals surface area contributed by atoms with Crippen LogP contribution in [0, 0.1) is 11.8 Å². The van der Waals surface area contributed by atoms with Gasteiger partial charge in [0.2, 0.25) is 0 Å². The van der Waals surface area contributed by atoms with Crippen molar-refractivity contribution in [3.05, 3.63) is 0 Å². The highest BCUT2D eigenvalue weighted by molar-refractivity contribution is 5.72. The van der Waals surface area contributed by atoms with Crippen LogP contribution < -0.4 is 0 Å². The van der Waals surface area contributed by atoms with Gasteiger partial charge in [0.15, 0.2) is 0 Å². The molecular weight excluding hydrogens is 140 g/mol. The van der Waals surface area contributed by atoms with Gasteiger partial charge in [0.05, 0.1) is 6.61 Å². The van der Waals surface area contributed by atoms with E-state index in [2.05, 4.69) is 23.5 Å². The molecule has 0 aromatic heterocycles. The molecule has 2 heteroatoms. The van der Waals surface area contributed by atoms with Gasteiger partial charge < -0.3 is 4.74 Å². The average Bonchev–Trinajstić information content (AvgIpc) is 1.99. The minimum atomic E-state index is -0.226. The molecule has 0 saturated heterocycles. The number of carbonyl (C=O) groups is 1. The fourth-order valence-corrected chi connectivity index (χ4v) is 0.560. The van der Waals surface area contributed by atoms with Gasteiger partial charge in [-0.15, -0.1) is 5.92 Å². The maximum absolute atomic E-state index is 10.7. The molecule has 0 aromatic rings. The predicted molar refractivity (Wildman–Crippen MR) is 43.9 cm³/mol. The first kappa shape index (κ1) is 10.0. The lowest BCUT2D eigenvalue weighted by molar-refractivity contribution is -0.141. The topological polar surface area (TPSA) is 26.3 Å². The Balaban J connectivity index is 3.38. The number of hydrogen-bond acceptors (Lipinski definition) is 2. The molecule has 0 bridgehead atoms. The van der Waals surface area contributed by atoms with Crippen molar-refractivity contribution < 1.29 is 9.53 Å². The van der Waals surface area contributed by atoms with Gasteiger partial charge in [0, 0.05) is 6.42 Å². The third-order valence-corrected chi connectivity index (χ3v) is 1.04. The van der Waals surface area contributed by atoms with E-state index in [0.29, 0.717) is 6.61 Å². The third kappa shape index (κ3) is 6.92. The first-order valence-corrected chi connectivity index (χ1v) is 3.92. The van der Waals surface area contributed by atoms with E-state index in [1.165, 1.54) is 0 Å². The van der Waals surface area contributed by atoms with E-state index in [1.807, 2.05) is 0 Å². The molecule has 0 rings (SSSR count). The van der Waals surface area contributed by atoms with Crippen molar-refractivity contribution >= 4 is 5.97 Å². The molecule has 0 atom stereocenters. The molecular formula is C9H14O2. The lowest BCUT2D eigenvalue weighted by atomic mass is 10.3. The molecule has 0 fully saturated rings. The summed E-state index contributed by atoms with van der Waals surface area (Å²) in [7, 11) is 0. The minimum Gasteiger partial charge on any atom is -0.465 e.